The number of carbonyl (C=O) groups is 2. The number of nitrogens with one attached hydrogen (secondary N) is 1. The molecular formula is C20H26N2O4. The first-order chi connectivity index (χ1) is 12.7. The lowest BCUT2D eigenvalue weighted by Crippen LogP contribution is -2.48. The smallest absolute Gasteiger partial charge is 0.253 e. The highest BCUT2D eigenvalue weighted by Crippen LogP contribution is 2.33. The summed E-state index contributed by atoms with van der Waals surface area (Å²) < 4.78 is 10.6. The van der Waals surface area contributed by atoms with Crippen molar-refractivity contribution >= 4 is 11.8 Å². The second kappa shape index (κ2) is 7.56. The Hall–Kier alpha value is -2.24. The normalized spacial score (nSPS) is 20.8. The fraction of sp³-hybridized carbons (Fsp3) is 0.600. The molecule has 2 aliphatic heterocycles. The van der Waals surface area contributed by atoms with Gasteiger partial charge in [-0.3, -0.25) is 9.59 Å². The van der Waals surface area contributed by atoms with Crippen LogP contribution in [0.4, 0.5) is 0 Å². The summed E-state index contributed by atoms with van der Waals surface area (Å²) in [7, 11) is 0. The first-order valence-electron chi connectivity index (χ1n) is 9.70. The van der Waals surface area contributed by atoms with Gasteiger partial charge in [0.1, 0.15) is 0 Å². The maximum atomic E-state index is 12.7. The van der Waals surface area contributed by atoms with Crippen LogP contribution in [0.3, 0.4) is 0 Å². The zero-order valence-electron chi connectivity index (χ0n) is 15.0. The van der Waals surface area contributed by atoms with E-state index in [1.165, 1.54) is 19.3 Å². The van der Waals surface area contributed by atoms with Gasteiger partial charge < -0.3 is 19.7 Å². The van der Waals surface area contributed by atoms with Crippen LogP contribution in [0.5, 0.6) is 11.5 Å². The molecule has 2 amide bonds. The van der Waals surface area contributed by atoms with Gasteiger partial charge in [-0.15, -0.1) is 0 Å². The number of benzene rings is 1. The van der Waals surface area contributed by atoms with Crippen molar-refractivity contribution in [3.8, 4) is 11.5 Å². The standard InChI is InChI=1S/C20H26N2O4/c23-19(14-4-2-1-3-5-14)21-16-8-10-22(11-9-16)20(24)15-6-7-17-18(12-15)26-13-25-17/h6-7,12,14,16H,1-5,8-11,13H2,(H,21,23). The van der Waals surface area contributed by atoms with Gasteiger partial charge in [-0.25, -0.2) is 0 Å². The summed E-state index contributed by atoms with van der Waals surface area (Å²) in [6, 6.07) is 5.51. The number of ether oxygens (including phenoxy) is 2. The average molecular weight is 358 g/mol. The Morgan fingerprint density at radius 3 is 2.46 bits per heavy atom. The molecule has 0 unspecified atom stereocenters. The van der Waals surface area contributed by atoms with Crippen LogP contribution in [0.25, 0.3) is 0 Å². The Labute approximate surface area is 153 Å². The molecule has 1 aromatic rings. The average Bonchev–Trinajstić information content (AvgIpc) is 3.16. The third kappa shape index (κ3) is 3.64. The zero-order valence-corrected chi connectivity index (χ0v) is 15.0. The van der Waals surface area contributed by atoms with Gasteiger partial charge in [0.2, 0.25) is 12.7 Å². The van der Waals surface area contributed by atoms with Crippen LogP contribution >= 0.6 is 0 Å². The second-order valence-corrected chi connectivity index (χ2v) is 7.48. The van der Waals surface area contributed by atoms with E-state index in [1.807, 2.05) is 4.90 Å². The van der Waals surface area contributed by atoms with E-state index in [4.69, 9.17) is 9.47 Å². The molecule has 140 valence electrons. The van der Waals surface area contributed by atoms with Crippen molar-refractivity contribution in [2.75, 3.05) is 19.9 Å². The van der Waals surface area contributed by atoms with E-state index < -0.39 is 0 Å². The lowest BCUT2D eigenvalue weighted by molar-refractivity contribution is -0.126. The number of carbonyl (C=O) groups excluding carboxylic acids is 2. The summed E-state index contributed by atoms with van der Waals surface area (Å²) in [5, 5.41) is 3.21. The Bertz CT molecular complexity index is 676. The largest absolute Gasteiger partial charge is 0.454 e. The van der Waals surface area contributed by atoms with Gasteiger partial charge >= 0.3 is 0 Å². The number of likely N-dealkylation sites (tertiary alicyclic amines) is 1. The van der Waals surface area contributed by atoms with Crippen molar-refractivity contribution in [2.45, 2.75) is 51.0 Å². The molecule has 26 heavy (non-hydrogen) atoms. The minimum absolute atomic E-state index is 0.0142. The van der Waals surface area contributed by atoms with Crippen molar-refractivity contribution in [1.82, 2.24) is 10.2 Å². The molecule has 1 aromatic carbocycles. The molecule has 1 aliphatic carbocycles. The Kier molecular flexibility index (Phi) is 5.00. The number of hydrogen-bond acceptors (Lipinski definition) is 4. The summed E-state index contributed by atoms with van der Waals surface area (Å²) >= 11 is 0. The van der Waals surface area contributed by atoms with Crippen molar-refractivity contribution in [3.05, 3.63) is 23.8 Å². The zero-order chi connectivity index (χ0) is 17.9. The third-order valence-corrected chi connectivity index (χ3v) is 5.72. The number of rotatable bonds is 3. The van der Waals surface area contributed by atoms with Crippen LogP contribution in [0.2, 0.25) is 0 Å². The molecule has 0 radical (unpaired) electrons. The maximum absolute atomic E-state index is 12.7. The molecule has 4 rings (SSSR count). The van der Waals surface area contributed by atoms with Crippen molar-refractivity contribution in [2.24, 2.45) is 5.92 Å². The summed E-state index contributed by atoms with van der Waals surface area (Å²) in [6.07, 6.45) is 7.26. The van der Waals surface area contributed by atoms with Crippen LogP contribution in [0.1, 0.15) is 55.3 Å². The fourth-order valence-corrected chi connectivity index (χ4v) is 4.12. The lowest BCUT2D eigenvalue weighted by Gasteiger charge is -2.33. The second-order valence-electron chi connectivity index (χ2n) is 7.48. The Morgan fingerprint density at radius 2 is 1.69 bits per heavy atom. The van der Waals surface area contributed by atoms with Gasteiger partial charge in [0, 0.05) is 30.6 Å². The Morgan fingerprint density at radius 1 is 0.962 bits per heavy atom. The van der Waals surface area contributed by atoms with E-state index >= 15 is 0 Å². The van der Waals surface area contributed by atoms with Crippen molar-refractivity contribution < 1.29 is 19.1 Å². The van der Waals surface area contributed by atoms with E-state index in [0.717, 1.165) is 25.7 Å². The third-order valence-electron chi connectivity index (χ3n) is 5.72. The van der Waals surface area contributed by atoms with Crippen LogP contribution < -0.4 is 14.8 Å². The van der Waals surface area contributed by atoms with Gasteiger partial charge in [-0.1, -0.05) is 19.3 Å². The molecule has 3 aliphatic rings. The number of amides is 2. The van der Waals surface area contributed by atoms with Crippen LogP contribution in [0, 0.1) is 5.92 Å². The van der Waals surface area contributed by atoms with Crippen molar-refractivity contribution in [3.63, 3.8) is 0 Å². The summed E-state index contributed by atoms with van der Waals surface area (Å²) in [4.78, 5) is 27.0. The van der Waals surface area contributed by atoms with E-state index in [2.05, 4.69) is 5.32 Å². The van der Waals surface area contributed by atoms with Gasteiger partial charge in [0.25, 0.3) is 5.91 Å². The number of hydrogen-bond donors (Lipinski definition) is 1. The predicted octanol–water partition coefficient (Wildman–Crippen LogP) is 2.72. The fourth-order valence-electron chi connectivity index (χ4n) is 4.12. The number of fused-ring (bicyclic) bond motifs is 1. The molecule has 2 heterocycles. The highest BCUT2D eigenvalue weighted by Gasteiger charge is 2.28. The van der Waals surface area contributed by atoms with E-state index in [9.17, 15) is 9.59 Å². The summed E-state index contributed by atoms with van der Waals surface area (Å²) in [5.74, 6) is 1.74. The number of nitrogens with zero attached hydrogens (tertiary/aromatic N) is 1. The lowest BCUT2D eigenvalue weighted by atomic mass is 9.88. The van der Waals surface area contributed by atoms with E-state index in [1.54, 1.807) is 18.2 Å². The molecule has 6 heteroatoms. The molecule has 2 fully saturated rings. The molecule has 1 saturated heterocycles. The highest BCUT2D eigenvalue weighted by molar-refractivity contribution is 5.95. The van der Waals surface area contributed by atoms with Crippen molar-refractivity contribution in [1.29, 1.82) is 0 Å². The minimum atomic E-state index is 0.0142. The molecule has 0 atom stereocenters. The maximum Gasteiger partial charge on any atom is 0.253 e. The molecule has 1 N–H and O–H groups in total. The molecular weight excluding hydrogens is 332 g/mol. The van der Waals surface area contributed by atoms with Crippen LogP contribution in [-0.4, -0.2) is 42.6 Å². The van der Waals surface area contributed by atoms with Gasteiger partial charge in [-0.2, -0.15) is 0 Å². The summed E-state index contributed by atoms with van der Waals surface area (Å²) in [5.41, 5.74) is 0.624. The summed E-state index contributed by atoms with van der Waals surface area (Å²) in [6.45, 7) is 1.55. The first kappa shape index (κ1) is 17.2. The van der Waals surface area contributed by atoms with Gasteiger partial charge in [0.15, 0.2) is 11.5 Å². The first-order valence-corrected chi connectivity index (χ1v) is 9.70. The van der Waals surface area contributed by atoms with Crippen LogP contribution in [0.15, 0.2) is 18.2 Å². The quantitative estimate of drug-likeness (QED) is 0.902. The molecule has 0 bridgehead atoms. The molecule has 0 spiro atoms. The van der Waals surface area contributed by atoms with E-state index in [-0.39, 0.29) is 30.6 Å². The SMILES string of the molecule is O=C(NC1CCN(C(=O)c2ccc3c(c2)OCO3)CC1)C1CCCCC1. The van der Waals surface area contributed by atoms with E-state index in [0.29, 0.717) is 30.2 Å². The predicted molar refractivity (Wildman–Crippen MR) is 96.2 cm³/mol. The highest BCUT2D eigenvalue weighted by atomic mass is 16.7. The molecule has 6 nitrogen and oxygen atoms in total. The van der Waals surface area contributed by atoms with Crippen LogP contribution in [-0.2, 0) is 4.79 Å². The number of piperidine rings is 1. The molecule has 1 saturated carbocycles. The van der Waals surface area contributed by atoms with Gasteiger partial charge in [-0.05, 0) is 43.9 Å². The monoisotopic (exact) mass is 358 g/mol. The Balaban J connectivity index is 1.29. The van der Waals surface area contributed by atoms with Gasteiger partial charge in [0.05, 0.1) is 0 Å². The topological polar surface area (TPSA) is 67.9 Å². The minimum Gasteiger partial charge on any atom is -0.454 e. The molecule has 0 aromatic heterocycles.